The zero-order valence-corrected chi connectivity index (χ0v) is 22.3. The van der Waals surface area contributed by atoms with Crippen LogP contribution in [-0.2, 0) is 5.41 Å². The van der Waals surface area contributed by atoms with E-state index in [0.29, 0.717) is 10.0 Å². The van der Waals surface area contributed by atoms with Crippen LogP contribution >= 0.6 is 34.5 Å². The Morgan fingerprint density at radius 2 is 1.53 bits per heavy atom. The van der Waals surface area contributed by atoms with E-state index in [-0.39, 0.29) is 5.41 Å². The molecule has 0 aliphatic heterocycles. The van der Waals surface area contributed by atoms with Crippen molar-refractivity contribution < 1.29 is 0 Å². The fraction of sp³-hybridized carbons (Fsp3) is 0.276. The van der Waals surface area contributed by atoms with Gasteiger partial charge in [-0.1, -0.05) is 71.1 Å². The smallest absolute Gasteiger partial charge is 0.194 e. The lowest BCUT2D eigenvalue weighted by atomic mass is 9.62. The van der Waals surface area contributed by atoms with Crippen molar-refractivity contribution >= 4 is 40.2 Å². The molecule has 1 fully saturated rings. The van der Waals surface area contributed by atoms with E-state index in [1.165, 1.54) is 45.6 Å². The minimum absolute atomic E-state index is 0.0991. The molecule has 2 nitrogen and oxygen atoms in total. The molecule has 0 N–H and O–H groups in total. The van der Waals surface area contributed by atoms with E-state index in [1.807, 2.05) is 12.1 Å². The van der Waals surface area contributed by atoms with Gasteiger partial charge in [-0.05, 0) is 81.5 Å². The first kappa shape index (κ1) is 23.4. The van der Waals surface area contributed by atoms with Crippen LogP contribution < -0.4 is 4.80 Å². The van der Waals surface area contributed by atoms with Gasteiger partial charge in [-0.25, -0.2) is 4.99 Å². The maximum absolute atomic E-state index is 6.48. The highest BCUT2D eigenvalue weighted by Gasteiger charge is 2.43. The molecule has 1 aliphatic rings. The van der Waals surface area contributed by atoms with Crippen molar-refractivity contribution in [2.75, 3.05) is 0 Å². The molecule has 0 atom stereocenters. The zero-order chi connectivity index (χ0) is 24.0. The zero-order valence-electron chi connectivity index (χ0n) is 20.0. The summed E-state index contributed by atoms with van der Waals surface area (Å²) in [7, 11) is 0. The highest BCUT2D eigenvalue weighted by atomic mass is 35.5. The van der Waals surface area contributed by atoms with Crippen LogP contribution in [0.4, 0.5) is 5.69 Å². The fourth-order valence-corrected chi connectivity index (χ4v) is 6.36. The van der Waals surface area contributed by atoms with E-state index in [4.69, 9.17) is 28.2 Å². The average Bonchev–Trinajstić information content (AvgIpc) is 3.15. The van der Waals surface area contributed by atoms with Crippen molar-refractivity contribution in [3.63, 3.8) is 0 Å². The molecule has 1 saturated carbocycles. The van der Waals surface area contributed by atoms with Crippen molar-refractivity contribution in [3.05, 3.63) is 108 Å². The molecular formula is C29H28Cl2N2S. The van der Waals surface area contributed by atoms with Gasteiger partial charge >= 0.3 is 0 Å². The first-order valence-corrected chi connectivity index (χ1v) is 13.3. The predicted molar refractivity (Wildman–Crippen MR) is 145 cm³/mol. The lowest BCUT2D eigenvalue weighted by Gasteiger charge is -2.43. The molecule has 3 aromatic carbocycles. The summed E-state index contributed by atoms with van der Waals surface area (Å²) in [6.07, 6.45) is 3.34. The Kier molecular flexibility index (Phi) is 6.22. The highest BCUT2D eigenvalue weighted by Crippen LogP contribution is 2.50. The molecule has 5 rings (SSSR count). The Morgan fingerprint density at radius 1 is 0.824 bits per heavy atom. The molecule has 1 aliphatic carbocycles. The number of benzene rings is 3. The van der Waals surface area contributed by atoms with Gasteiger partial charge in [0.2, 0.25) is 0 Å². The Bertz CT molecular complexity index is 1460. The average molecular weight is 508 g/mol. The second kappa shape index (κ2) is 9.03. The second-order valence-electron chi connectivity index (χ2n) is 9.50. The van der Waals surface area contributed by atoms with Gasteiger partial charge in [-0.2, -0.15) is 0 Å². The van der Waals surface area contributed by atoms with Gasteiger partial charge in [0, 0.05) is 16.5 Å². The van der Waals surface area contributed by atoms with Crippen LogP contribution in [0.5, 0.6) is 0 Å². The number of thiazole rings is 1. The summed E-state index contributed by atoms with van der Waals surface area (Å²) in [4.78, 5) is 6.16. The Morgan fingerprint density at radius 3 is 2.15 bits per heavy atom. The normalized spacial score (nSPS) is 15.4. The number of hydrogen-bond donors (Lipinski definition) is 0. The van der Waals surface area contributed by atoms with Crippen LogP contribution in [0.25, 0.3) is 5.69 Å². The van der Waals surface area contributed by atoms with E-state index < -0.39 is 0 Å². The van der Waals surface area contributed by atoms with Crippen molar-refractivity contribution in [3.8, 4) is 5.69 Å². The molecule has 1 heterocycles. The molecule has 0 saturated heterocycles. The van der Waals surface area contributed by atoms with Crippen LogP contribution in [0.1, 0.15) is 52.8 Å². The van der Waals surface area contributed by atoms with Gasteiger partial charge in [0.1, 0.15) is 0 Å². The number of nitrogens with zero attached hydrogens (tertiary/aromatic N) is 2. The van der Waals surface area contributed by atoms with E-state index in [9.17, 15) is 0 Å². The Balaban J connectivity index is 1.78. The van der Waals surface area contributed by atoms with Crippen LogP contribution in [0.15, 0.2) is 65.0 Å². The summed E-state index contributed by atoms with van der Waals surface area (Å²) in [5.41, 5.74) is 9.52. The molecule has 5 heteroatoms. The van der Waals surface area contributed by atoms with Crippen LogP contribution in [0.2, 0.25) is 10.0 Å². The van der Waals surface area contributed by atoms with Gasteiger partial charge in [-0.15, -0.1) is 11.3 Å². The molecule has 4 aromatic rings. The number of aryl methyl sites for hydroxylation is 4. The lowest BCUT2D eigenvalue weighted by molar-refractivity contribution is 0.289. The van der Waals surface area contributed by atoms with Crippen molar-refractivity contribution in [2.45, 2.75) is 52.4 Å². The SMILES string of the molecule is Cc1ccc(/N=c2/scc(C3(c4ccc(Cl)c(Cl)c4)CCC3)n2-c2ccc(C)cc2C)c(C)c1. The number of halogens is 2. The molecule has 0 unspecified atom stereocenters. The Hall–Kier alpha value is -2.33. The largest absolute Gasteiger partial charge is 0.288 e. The quantitative estimate of drug-likeness (QED) is 0.263. The topological polar surface area (TPSA) is 17.3 Å². The summed E-state index contributed by atoms with van der Waals surface area (Å²) in [6.45, 7) is 8.57. The minimum Gasteiger partial charge on any atom is -0.288 e. The Labute approximate surface area is 215 Å². The van der Waals surface area contributed by atoms with Crippen molar-refractivity contribution in [1.29, 1.82) is 0 Å². The number of rotatable bonds is 4. The summed E-state index contributed by atoms with van der Waals surface area (Å²) in [6, 6.07) is 19.2. The van der Waals surface area contributed by atoms with Gasteiger partial charge in [0.15, 0.2) is 4.80 Å². The number of aromatic nitrogens is 1. The third-order valence-corrected chi connectivity index (χ3v) is 8.60. The summed E-state index contributed by atoms with van der Waals surface area (Å²) in [5.74, 6) is 0. The highest BCUT2D eigenvalue weighted by molar-refractivity contribution is 7.07. The third kappa shape index (κ3) is 4.04. The standard InChI is InChI=1S/C29H28Cl2N2S/c1-18-6-10-25(20(3)14-18)32-28-33(26-11-7-19(2)15-21(26)4)27(17-34-28)29(12-5-13-29)22-8-9-23(30)24(31)16-22/h6-11,14-17H,5,12-13H2,1-4H3/b32-28+. The van der Waals surface area contributed by atoms with Crippen molar-refractivity contribution in [2.24, 2.45) is 4.99 Å². The molecular weight excluding hydrogens is 479 g/mol. The van der Waals surface area contributed by atoms with E-state index >= 15 is 0 Å². The maximum atomic E-state index is 6.48. The summed E-state index contributed by atoms with van der Waals surface area (Å²) < 4.78 is 2.38. The summed E-state index contributed by atoms with van der Waals surface area (Å²) in [5, 5.41) is 3.50. The molecule has 0 spiro atoms. The first-order chi connectivity index (χ1) is 16.3. The molecule has 1 aromatic heterocycles. The summed E-state index contributed by atoms with van der Waals surface area (Å²) >= 11 is 14.5. The molecule has 0 radical (unpaired) electrons. The minimum atomic E-state index is -0.0991. The first-order valence-electron chi connectivity index (χ1n) is 11.6. The van der Waals surface area contributed by atoms with E-state index in [1.54, 1.807) is 11.3 Å². The van der Waals surface area contributed by atoms with E-state index in [0.717, 1.165) is 23.3 Å². The van der Waals surface area contributed by atoms with Crippen molar-refractivity contribution in [1.82, 2.24) is 4.57 Å². The molecule has 0 amide bonds. The molecule has 0 bridgehead atoms. The lowest BCUT2D eigenvalue weighted by Crippen LogP contribution is -2.38. The van der Waals surface area contributed by atoms with E-state index in [2.05, 4.69) is 80.1 Å². The fourth-order valence-electron chi connectivity index (χ4n) is 5.06. The van der Waals surface area contributed by atoms with Gasteiger partial charge in [0.05, 0.1) is 21.4 Å². The second-order valence-corrected chi connectivity index (χ2v) is 11.1. The number of hydrogen-bond acceptors (Lipinski definition) is 2. The van der Waals surface area contributed by atoms with Crippen LogP contribution in [0.3, 0.4) is 0 Å². The van der Waals surface area contributed by atoms with Gasteiger partial charge in [-0.3, -0.25) is 4.57 Å². The molecule has 34 heavy (non-hydrogen) atoms. The van der Waals surface area contributed by atoms with Gasteiger partial charge in [0.25, 0.3) is 0 Å². The predicted octanol–water partition coefficient (Wildman–Crippen LogP) is 8.78. The monoisotopic (exact) mass is 506 g/mol. The third-order valence-electron chi connectivity index (χ3n) is 7.04. The molecule has 174 valence electrons. The maximum Gasteiger partial charge on any atom is 0.194 e. The van der Waals surface area contributed by atoms with Crippen LogP contribution in [-0.4, -0.2) is 4.57 Å². The van der Waals surface area contributed by atoms with Gasteiger partial charge < -0.3 is 0 Å². The van der Waals surface area contributed by atoms with Crippen LogP contribution in [0, 0.1) is 27.7 Å².